The molecule has 1 saturated heterocycles. The number of anilines is 1. The van der Waals surface area contributed by atoms with Crippen LogP contribution in [-0.4, -0.2) is 51.0 Å². The van der Waals surface area contributed by atoms with Crippen LogP contribution < -0.4 is 4.90 Å². The van der Waals surface area contributed by atoms with Gasteiger partial charge in [-0.2, -0.15) is 0 Å². The standard InChI is InChI=1S/C19H22FN3O4S/c1-2-21-8-10-22(11-9-21)18-7-6-17(13-19(18)23(24)25)28(26,27)14-15-4-3-5-16(20)12-15/h3-7,12-13H,2,8-11,14H2,1H3. The fraction of sp³-hybridized carbons (Fsp3) is 0.368. The highest BCUT2D eigenvalue weighted by molar-refractivity contribution is 7.90. The molecule has 150 valence electrons. The lowest BCUT2D eigenvalue weighted by atomic mass is 10.2. The fourth-order valence-corrected chi connectivity index (χ4v) is 4.70. The smallest absolute Gasteiger partial charge is 0.293 e. The molecule has 0 spiro atoms. The Kier molecular flexibility index (Phi) is 5.95. The quantitative estimate of drug-likeness (QED) is 0.541. The zero-order valence-corrected chi connectivity index (χ0v) is 16.4. The highest BCUT2D eigenvalue weighted by Gasteiger charge is 2.26. The molecule has 1 aliphatic heterocycles. The van der Waals surface area contributed by atoms with E-state index in [0.29, 0.717) is 24.3 Å². The van der Waals surface area contributed by atoms with Crippen molar-refractivity contribution in [3.63, 3.8) is 0 Å². The van der Waals surface area contributed by atoms with Crippen molar-refractivity contribution in [2.75, 3.05) is 37.6 Å². The first-order valence-electron chi connectivity index (χ1n) is 9.03. The second-order valence-electron chi connectivity index (χ2n) is 6.72. The van der Waals surface area contributed by atoms with Crippen LogP contribution in [0.15, 0.2) is 47.4 Å². The number of nitro groups is 1. The van der Waals surface area contributed by atoms with E-state index in [0.717, 1.165) is 31.8 Å². The molecule has 1 fully saturated rings. The van der Waals surface area contributed by atoms with E-state index in [1.807, 2.05) is 4.90 Å². The van der Waals surface area contributed by atoms with Crippen molar-refractivity contribution in [1.29, 1.82) is 0 Å². The summed E-state index contributed by atoms with van der Waals surface area (Å²) in [5.74, 6) is -0.948. The number of benzene rings is 2. The molecule has 0 aliphatic carbocycles. The van der Waals surface area contributed by atoms with Gasteiger partial charge >= 0.3 is 0 Å². The molecule has 0 saturated carbocycles. The maximum absolute atomic E-state index is 13.3. The van der Waals surface area contributed by atoms with Gasteiger partial charge in [0, 0.05) is 32.2 Å². The second kappa shape index (κ2) is 8.24. The minimum absolute atomic E-state index is 0.139. The molecule has 0 bridgehead atoms. The molecule has 9 heteroatoms. The zero-order chi connectivity index (χ0) is 20.3. The molecular formula is C19H22FN3O4S. The Morgan fingerprint density at radius 1 is 1.11 bits per heavy atom. The number of hydrogen-bond acceptors (Lipinski definition) is 6. The number of nitrogens with zero attached hydrogens (tertiary/aromatic N) is 3. The van der Waals surface area contributed by atoms with Crippen molar-refractivity contribution < 1.29 is 17.7 Å². The first-order chi connectivity index (χ1) is 13.3. The Bertz CT molecular complexity index is 973. The van der Waals surface area contributed by atoms with Crippen molar-refractivity contribution in [3.8, 4) is 0 Å². The van der Waals surface area contributed by atoms with Gasteiger partial charge < -0.3 is 9.80 Å². The van der Waals surface area contributed by atoms with Crippen LogP contribution in [0.4, 0.5) is 15.8 Å². The van der Waals surface area contributed by atoms with Gasteiger partial charge in [-0.15, -0.1) is 0 Å². The molecule has 0 N–H and O–H groups in total. The largest absolute Gasteiger partial charge is 0.363 e. The van der Waals surface area contributed by atoms with Crippen LogP contribution in [0.5, 0.6) is 0 Å². The summed E-state index contributed by atoms with van der Waals surface area (Å²) in [6.07, 6.45) is 0. The third-order valence-electron chi connectivity index (χ3n) is 4.91. The van der Waals surface area contributed by atoms with Crippen LogP contribution in [0.3, 0.4) is 0 Å². The fourth-order valence-electron chi connectivity index (χ4n) is 3.34. The van der Waals surface area contributed by atoms with Gasteiger partial charge in [0.2, 0.25) is 0 Å². The van der Waals surface area contributed by atoms with Crippen LogP contribution in [0.1, 0.15) is 12.5 Å². The van der Waals surface area contributed by atoms with Gasteiger partial charge in [0.25, 0.3) is 5.69 Å². The van der Waals surface area contributed by atoms with Crippen LogP contribution in [-0.2, 0) is 15.6 Å². The lowest BCUT2D eigenvalue weighted by Crippen LogP contribution is -2.46. The van der Waals surface area contributed by atoms with E-state index in [-0.39, 0.29) is 10.6 Å². The van der Waals surface area contributed by atoms with E-state index in [1.165, 1.54) is 30.3 Å². The lowest BCUT2D eigenvalue weighted by molar-refractivity contribution is -0.384. The molecule has 28 heavy (non-hydrogen) atoms. The molecule has 0 unspecified atom stereocenters. The molecule has 0 atom stereocenters. The van der Waals surface area contributed by atoms with Crippen LogP contribution in [0.25, 0.3) is 0 Å². The van der Waals surface area contributed by atoms with Crippen LogP contribution in [0.2, 0.25) is 0 Å². The molecule has 1 heterocycles. The Labute approximate surface area is 163 Å². The van der Waals surface area contributed by atoms with Gasteiger partial charge in [-0.25, -0.2) is 12.8 Å². The van der Waals surface area contributed by atoms with Crippen molar-refractivity contribution in [2.45, 2.75) is 17.6 Å². The summed E-state index contributed by atoms with van der Waals surface area (Å²) in [5.41, 5.74) is 0.484. The third kappa shape index (κ3) is 4.48. The molecule has 1 aliphatic rings. The molecule has 3 rings (SSSR count). The van der Waals surface area contributed by atoms with Crippen LogP contribution >= 0.6 is 0 Å². The summed E-state index contributed by atoms with van der Waals surface area (Å²) in [5, 5.41) is 11.6. The Balaban J connectivity index is 1.89. The van der Waals surface area contributed by atoms with Gasteiger partial charge in [-0.1, -0.05) is 19.1 Å². The summed E-state index contributed by atoms with van der Waals surface area (Å²) in [6, 6.07) is 9.32. The minimum atomic E-state index is -3.84. The van der Waals surface area contributed by atoms with E-state index in [2.05, 4.69) is 11.8 Å². The SMILES string of the molecule is CCN1CCN(c2ccc(S(=O)(=O)Cc3cccc(F)c3)cc2[N+](=O)[O-])CC1. The first kappa shape index (κ1) is 20.2. The highest BCUT2D eigenvalue weighted by atomic mass is 32.2. The van der Waals surface area contributed by atoms with Crippen molar-refractivity contribution in [3.05, 3.63) is 64.0 Å². The molecule has 0 radical (unpaired) electrons. The molecule has 2 aromatic carbocycles. The second-order valence-corrected chi connectivity index (χ2v) is 8.71. The number of sulfone groups is 1. The van der Waals surface area contributed by atoms with Gasteiger partial charge in [-0.05, 0) is 36.4 Å². The normalized spacial score (nSPS) is 15.6. The Morgan fingerprint density at radius 3 is 2.43 bits per heavy atom. The lowest BCUT2D eigenvalue weighted by Gasteiger charge is -2.35. The van der Waals surface area contributed by atoms with Crippen molar-refractivity contribution in [2.24, 2.45) is 0 Å². The number of nitro benzene ring substituents is 1. The Morgan fingerprint density at radius 2 is 1.82 bits per heavy atom. The Hall–Kier alpha value is -2.52. The highest BCUT2D eigenvalue weighted by Crippen LogP contribution is 2.32. The maximum atomic E-state index is 13.3. The zero-order valence-electron chi connectivity index (χ0n) is 15.5. The summed E-state index contributed by atoms with van der Waals surface area (Å²) in [6.45, 7) is 5.87. The topological polar surface area (TPSA) is 83.8 Å². The summed E-state index contributed by atoms with van der Waals surface area (Å²) >= 11 is 0. The van der Waals surface area contributed by atoms with Crippen molar-refractivity contribution >= 4 is 21.2 Å². The molecular weight excluding hydrogens is 385 g/mol. The van der Waals surface area contributed by atoms with Gasteiger partial charge in [0.15, 0.2) is 9.84 Å². The first-order valence-corrected chi connectivity index (χ1v) is 10.7. The molecule has 2 aromatic rings. The van der Waals surface area contributed by atoms with Crippen LogP contribution in [0, 0.1) is 15.9 Å². The number of piperazine rings is 1. The average molecular weight is 407 g/mol. The molecule has 0 aromatic heterocycles. The third-order valence-corrected chi connectivity index (χ3v) is 6.59. The van der Waals surface area contributed by atoms with E-state index in [9.17, 15) is 22.9 Å². The molecule has 0 amide bonds. The van der Waals surface area contributed by atoms with Gasteiger partial charge in [0.1, 0.15) is 11.5 Å². The summed E-state index contributed by atoms with van der Waals surface area (Å²) in [7, 11) is -3.84. The number of likely N-dealkylation sites (N-methyl/N-ethyl adjacent to an activating group) is 1. The predicted molar refractivity (Wildman–Crippen MR) is 105 cm³/mol. The predicted octanol–water partition coefficient (Wildman–Crippen LogP) is 2.85. The van der Waals surface area contributed by atoms with Gasteiger partial charge in [0.05, 0.1) is 15.6 Å². The van der Waals surface area contributed by atoms with E-state index < -0.39 is 26.3 Å². The van der Waals surface area contributed by atoms with Gasteiger partial charge in [-0.3, -0.25) is 10.1 Å². The van der Waals surface area contributed by atoms with Crippen molar-refractivity contribution in [1.82, 2.24) is 4.90 Å². The summed E-state index contributed by atoms with van der Waals surface area (Å²) in [4.78, 5) is 15.1. The maximum Gasteiger partial charge on any atom is 0.293 e. The van der Waals surface area contributed by atoms with E-state index in [1.54, 1.807) is 0 Å². The average Bonchev–Trinajstić information content (AvgIpc) is 2.67. The van der Waals surface area contributed by atoms with E-state index >= 15 is 0 Å². The number of rotatable bonds is 6. The monoisotopic (exact) mass is 407 g/mol. The van der Waals surface area contributed by atoms with E-state index in [4.69, 9.17) is 0 Å². The molecule has 7 nitrogen and oxygen atoms in total. The summed E-state index contributed by atoms with van der Waals surface area (Å²) < 4.78 is 38.7. The minimum Gasteiger partial charge on any atom is -0.363 e. The number of hydrogen-bond donors (Lipinski definition) is 0. The number of halogens is 1.